The maximum atomic E-state index is 12.1. The van der Waals surface area contributed by atoms with E-state index in [0.717, 1.165) is 28.2 Å². The van der Waals surface area contributed by atoms with E-state index in [0.29, 0.717) is 37.7 Å². The molecule has 0 fully saturated rings. The molecule has 4 N–H and O–H groups in total. The number of fused-ring (bicyclic) bond motifs is 1. The van der Waals surface area contributed by atoms with Crippen LogP contribution in [0.15, 0.2) is 48.5 Å². The fourth-order valence-electron chi connectivity index (χ4n) is 3.63. The van der Waals surface area contributed by atoms with Crippen LogP contribution in [0.5, 0.6) is 0 Å². The Morgan fingerprint density at radius 3 is 2.45 bits per heavy atom. The lowest BCUT2D eigenvalue weighted by molar-refractivity contribution is -0.138. The smallest absolute Gasteiger partial charge is 0.322 e. The van der Waals surface area contributed by atoms with Crippen LogP contribution >= 0.6 is 23.2 Å². The third kappa shape index (κ3) is 6.37. The molecule has 8 nitrogen and oxygen atoms in total. The zero-order chi connectivity index (χ0) is 23.8. The summed E-state index contributed by atoms with van der Waals surface area (Å²) < 4.78 is 2.05. The summed E-state index contributed by atoms with van der Waals surface area (Å²) in [5, 5.41) is 11.1. The highest BCUT2D eigenvalue weighted by Gasteiger charge is 2.19. The molecule has 1 unspecified atom stereocenters. The average molecular weight is 492 g/mol. The van der Waals surface area contributed by atoms with E-state index in [4.69, 9.17) is 39.0 Å². The minimum Gasteiger partial charge on any atom is -0.480 e. The third-order valence-electron chi connectivity index (χ3n) is 5.23. The zero-order valence-electron chi connectivity index (χ0n) is 18.1. The first-order chi connectivity index (χ1) is 15.9. The van der Waals surface area contributed by atoms with Crippen LogP contribution < -0.4 is 16.0 Å². The van der Waals surface area contributed by atoms with Gasteiger partial charge in [-0.1, -0.05) is 18.2 Å². The molecule has 0 aliphatic rings. The molecular weight excluding hydrogens is 465 g/mol. The van der Waals surface area contributed by atoms with Gasteiger partial charge in [-0.05, 0) is 36.8 Å². The molecule has 10 heteroatoms. The summed E-state index contributed by atoms with van der Waals surface area (Å²) in [7, 11) is 0. The van der Waals surface area contributed by atoms with E-state index in [-0.39, 0.29) is 0 Å². The molecule has 0 saturated heterocycles. The number of carbonyl (C=O) groups excluding carboxylic acids is 1. The summed E-state index contributed by atoms with van der Waals surface area (Å²) in [5.41, 5.74) is 9.66. The molecule has 3 rings (SSSR count). The van der Waals surface area contributed by atoms with Gasteiger partial charge in [0.2, 0.25) is 5.91 Å². The Bertz CT molecular complexity index is 1080. The number of carbonyl (C=O) groups is 2. The number of carboxylic acid groups (broad SMARTS) is 1. The van der Waals surface area contributed by atoms with E-state index in [1.807, 2.05) is 48.5 Å². The first-order valence-electron chi connectivity index (χ1n) is 10.6. The minimum atomic E-state index is -1.12. The number of halogens is 2. The van der Waals surface area contributed by atoms with Crippen molar-refractivity contribution in [1.29, 1.82) is 0 Å². The Morgan fingerprint density at radius 1 is 1.12 bits per heavy atom. The van der Waals surface area contributed by atoms with Gasteiger partial charge in [-0.25, -0.2) is 4.98 Å². The summed E-state index contributed by atoms with van der Waals surface area (Å²) in [5.74, 6) is 0.117. The zero-order valence-corrected chi connectivity index (χ0v) is 19.6. The number of aryl methyl sites for hydroxylation is 1. The lowest BCUT2D eigenvalue weighted by Gasteiger charge is -2.22. The summed E-state index contributed by atoms with van der Waals surface area (Å²) in [6, 6.07) is 15.0. The maximum absolute atomic E-state index is 12.1. The minimum absolute atomic E-state index is 0.319. The second-order valence-corrected chi connectivity index (χ2v) is 8.25. The van der Waals surface area contributed by atoms with Crippen molar-refractivity contribution in [2.75, 3.05) is 36.3 Å². The van der Waals surface area contributed by atoms with Crippen LogP contribution in [0.25, 0.3) is 16.7 Å². The number of hydrogen-bond donors (Lipinski definition) is 3. The van der Waals surface area contributed by atoms with Crippen molar-refractivity contribution in [2.45, 2.75) is 18.9 Å². The quantitative estimate of drug-likeness (QED) is 0.335. The van der Waals surface area contributed by atoms with Gasteiger partial charge in [0.1, 0.15) is 12.4 Å². The van der Waals surface area contributed by atoms with Crippen LogP contribution in [-0.4, -0.2) is 64.0 Å². The van der Waals surface area contributed by atoms with E-state index >= 15 is 0 Å². The van der Waals surface area contributed by atoms with Gasteiger partial charge in [0.15, 0.2) is 0 Å². The van der Waals surface area contributed by atoms with Gasteiger partial charge >= 0.3 is 5.97 Å². The van der Waals surface area contributed by atoms with Crippen LogP contribution in [0.3, 0.4) is 0 Å². The molecule has 2 aromatic carbocycles. The van der Waals surface area contributed by atoms with Crippen LogP contribution in [0.2, 0.25) is 0 Å². The topological polar surface area (TPSA) is 113 Å². The Hall–Kier alpha value is -2.81. The molecule has 176 valence electrons. The summed E-state index contributed by atoms with van der Waals surface area (Å²) in [6.45, 7) is 0.887. The number of benzene rings is 2. The number of nitrogens with zero attached hydrogens (tertiary/aromatic N) is 3. The first kappa shape index (κ1) is 24.8. The second kappa shape index (κ2) is 11.9. The van der Waals surface area contributed by atoms with E-state index in [9.17, 15) is 9.59 Å². The number of carboxylic acids is 1. The predicted octanol–water partition coefficient (Wildman–Crippen LogP) is 2.77. The number of anilines is 1. The van der Waals surface area contributed by atoms with E-state index in [1.165, 1.54) is 0 Å². The van der Waals surface area contributed by atoms with Gasteiger partial charge in [-0.15, -0.1) is 23.2 Å². The Balaban J connectivity index is 1.92. The highest BCUT2D eigenvalue weighted by molar-refractivity contribution is 6.18. The number of imidazole rings is 1. The van der Waals surface area contributed by atoms with Crippen molar-refractivity contribution in [3.05, 3.63) is 54.4 Å². The van der Waals surface area contributed by atoms with Gasteiger partial charge in [-0.2, -0.15) is 0 Å². The van der Waals surface area contributed by atoms with Crippen LogP contribution in [0, 0.1) is 0 Å². The highest BCUT2D eigenvalue weighted by atomic mass is 35.5. The number of amides is 1. The number of nitrogens with two attached hydrogens (primary N) is 1. The molecule has 1 heterocycles. The van der Waals surface area contributed by atoms with Gasteiger partial charge in [0.05, 0.1) is 17.1 Å². The molecule has 1 amide bonds. The molecule has 1 aromatic heterocycles. The first-order valence-corrected chi connectivity index (χ1v) is 11.7. The molecule has 0 bridgehead atoms. The number of aromatic nitrogens is 2. The third-order valence-corrected chi connectivity index (χ3v) is 5.56. The lowest BCUT2D eigenvalue weighted by atomic mass is 10.1. The Morgan fingerprint density at radius 2 is 1.82 bits per heavy atom. The van der Waals surface area contributed by atoms with Crippen molar-refractivity contribution < 1.29 is 14.7 Å². The van der Waals surface area contributed by atoms with E-state index in [2.05, 4.69) is 14.8 Å². The monoisotopic (exact) mass is 491 g/mol. The number of aliphatic carboxylic acids is 1. The maximum Gasteiger partial charge on any atom is 0.322 e. The standard InChI is InChI=1S/C23H27Cl2N5O3/c24-10-12-29(13-11-25)17-6-8-20-19(14-17)28-21(30(20)16-4-2-1-3-5-16)9-7-18(26)23(33)27-15-22(31)32/h1-6,8,14,18H,7,9-13,15,26H2,(H,27,33)(H,31,32). The SMILES string of the molecule is NC(CCc1nc2cc(N(CCCl)CCCl)ccc2n1-c1ccccc1)C(=O)NCC(=O)O. The molecule has 33 heavy (non-hydrogen) atoms. The molecule has 0 radical (unpaired) electrons. The van der Waals surface area contributed by atoms with Crippen molar-refractivity contribution in [1.82, 2.24) is 14.9 Å². The average Bonchev–Trinajstić information content (AvgIpc) is 3.18. The summed E-state index contributed by atoms with van der Waals surface area (Å²) >= 11 is 11.9. The second-order valence-electron chi connectivity index (χ2n) is 7.49. The van der Waals surface area contributed by atoms with Crippen molar-refractivity contribution in [2.24, 2.45) is 5.73 Å². The number of nitrogens with one attached hydrogen (secondary N) is 1. The number of para-hydroxylation sites is 1. The van der Waals surface area contributed by atoms with Crippen molar-refractivity contribution in [3.8, 4) is 5.69 Å². The molecule has 1 atom stereocenters. The van der Waals surface area contributed by atoms with Crippen LogP contribution in [-0.2, 0) is 16.0 Å². The summed E-state index contributed by atoms with van der Waals surface area (Å²) in [6.07, 6.45) is 0.757. The molecule has 0 saturated carbocycles. The Labute approximate surface area is 202 Å². The fraction of sp³-hybridized carbons (Fsp3) is 0.348. The van der Waals surface area contributed by atoms with E-state index in [1.54, 1.807) is 0 Å². The van der Waals surface area contributed by atoms with Gasteiger partial charge in [0.25, 0.3) is 0 Å². The van der Waals surface area contributed by atoms with Gasteiger partial charge < -0.3 is 21.1 Å². The van der Waals surface area contributed by atoms with Crippen molar-refractivity contribution >= 4 is 51.8 Å². The molecule has 0 spiro atoms. The van der Waals surface area contributed by atoms with Crippen LogP contribution in [0.4, 0.5) is 5.69 Å². The highest BCUT2D eigenvalue weighted by Crippen LogP contribution is 2.27. The fourth-order valence-corrected chi connectivity index (χ4v) is 4.04. The van der Waals surface area contributed by atoms with E-state index < -0.39 is 24.5 Å². The number of rotatable bonds is 12. The van der Waals surface area contributed by atoms with Crippen molar-refractivity contribution in [3.63, 3.8) is 0 Å². The predicted molar refractivity (Wildman–Crippen MR) is 132 cm³/mol. The number of alkyl halides is 2. The largest absolute Gasteiger partial charge is 0.480 e. The number of hydrogen-bond acceptors (Lipinski definition) is 5. The lowest BCUT2D eigenvalue weighted by Crippen LogP contribution is -2.42. The van der Waals surface area contributed by atoms with Gasteiger partial charge in [-0.3, -0.25) is 14.2 Å². The molecule has 0 aliphatic heterocycles. The summed E-state index contributed by atoms with van der Waals surface area (Å²) in [4.78, 5) is 29.7. The van der Waals surface area contributed by atoms with Gasteiger partial charge in [0, 0.05) is 42.6 Å². The molecular formula is C23H27Cl2N5O3. The molecule has 0 aliphatic carbocycles. The Kier molecular flexibility index (Phi) is 8.94. The molecule has 3 aromatic rings. The normalized spacial score (nSPS) is 12.0. The van der Waals surface area contributed by atoms with Crippen LogP contribution in [0.1, 0.15) is 12.2 Å².